The van der Waals surface area contributed by atoms with E-state index in [4.69, 9.17) is 0 Å². The van der Waals surface area contributed by atoms with Gasteiger partial charge in [0.25, 0.3) is 0 Å². The molecule has 1 saturated heterocycles. The molecule has 1 heteroatoms. The summed E-state index contributed by atoms with van der Waals surface area (Å²) in [4.78, 5) is 2.66. The first-order valence-corrected chi connectivity index (χ1v) is 6.71. The number of hydrogen-bond acceptors (Lipinski definition) is 1. The van der Waals surface area contributed by atoms with Crippen LogP contribution in [-0.4, -0.2) is 24.0 Å². The van der Waals surface area contributed by atoms with E-state index in [1.54, 1.807) is 0 Å². The third kappa shape index (κ3) is 3.48. The smallest absolute Gasteiger partial charge is 0.00387 e. The molecule has 0 amide bonds. The second kappa shape index (κ2) is 5.34. The molecule has 0 saturated carbocycles. The standard InChI is InChI=1S/C14H29N/c1-6-9-14(4,5)13-8-7-10-15(11-13)12(2)3/h12-13H,6-11H2,1-5H3. The third-order valence-electron chi connectivity index (χ3n) is 4.18. The van der Waals surface area contributed by atoms with Gasteiger partial charge in [-0.15, -0.1) is 0 Å². The van der Waals surface area contributed by atoms with Crippen molar-refractivity contribution in [1.82, 2.24) is 4.90 Å². The number of nitrogens with zero attached hydrogens (tertiary/aromatic N) is 1. The molecule has 15 heavy (non-hydrogen) atoms. The molecule has 0 aromatic rings. The molecule has 1 rings (SSSR count). The first-order valence-electron chi connectivity index (χ1n) is 6.71. The molecule has 0 aromatic carbocycles. The minimum atomic E-state index is 0.544. The highest BCUT2D eigenvalue weighted by atomic mass is 15.2. The molecule has 1 nitrogen and oxygen atoms in total. The monoisotopic (exact) mass is 211 g/mol. The van der Waals surface area contributed by atoms with Gasteiger partial charge in [-0.2, -0.15) is 0 Å². The van der Waals surface area contributed by atoms with E-state index < -0.39 is 0 Å². The van der Waals surface area contributed by atoms with Crippen LogP contribution in [0.15, 0.2) is 0 Å². The van der Waals surface area contributed by atoms with Gasteiger partial charge in [0.15, 0.2) is 0 Å². The van der Waals surface area contributed by atoms with Crippen molar-refractivity contribution in [3.05, 3.63) is 0 Å². The fourth-order valence-electron chi connectivity index (χ4n) is 2.96. The van der Waals surface area contributed by atoms with E-state index >= 15 is 0 Å². The van der Waals surface area contributed by atoms with Crippen molar-refractivity contribution >= 4 is 0 Å². The lowest BCUT2D eigenvalue weighted by molar-refractivity contribution is 0.0637. The van der Waals surface area contributed by atoms with E-state index in [1.807, 2.05) is 0 Å². The molecule has 1 unspecified atom stereocenters. The number of hydrogen-bond donors (Lipinski definition) is 0. The highest BCUT2D eigenvalue weighted by Gasteiger charge is 2.32. The average molecular weight is 211 g/mol. The third-order valence-corrected chi connectivity index (χ3v) is 4.18. The topological polar surface area (TPSA) is 3.24 Å². The van der Waals surface area contributed by atoms with Crippen molar-refractivity contribution in [3.63, 3.8) is 0 Å². The molecule has 0 spiro atoms. The molecular weight excluding hydrogens is 182 g/mol. The van der Waals surface area contributed by atoms with Gasteiger partial charge in [-0.05, 0) is 51.0 Å². The molecule has 0 bridgehead atoms. The lowest BCUT2D eigenvalue weighted by Crippen LogP contribution is -2.44. The Morgan fingerprint density at radius 2 is 2.00 bits per heavy atom. The van der Waals surface area contributed by atoms with Gasteiger partial charge in [-0.3, -0.25) is 0 Å². The second-order valence-electron chi connectivity index (χ2n) is 6.17. The average Bonchev–Trinajstić information content (AvgIpc) is 2.18. The Bertz CT molecular complexity index is 184. The van der Waals surface area contributed by atoms with Gasteiger partial charge in [0.05, 0.1) is 0 Å². The van der Waals surface area contributed by atoms with Crippen LogP contribution in [0.2, 0.25) is 0 Å². The maximum Gasteiger partial charge on any atom is 0.00387 e. The van der Waals surface area contributed by atoms with Crippen molar-refractivity contribution in [2.45, 2.75) is 66.3 Å². The highest BCUT2D eigenvalue weighted by molar-refractivity contribution is 4.85. The van der Waals surface area contributed by atoms with Gasteiger partial charge >= 0.3 is 0 Å². The Labute approximate surface area is 96.2 Å². The van der Waals surface area contributed by atoms with E-state index in [0.29, 0.717) is 5.41 Å². The van der Waals surface area contributed by atoms with Gasteiger partial charge in [0.2, 0.25) is 0 Å². The molecule has 0 N–H and O–H groups in total. The van der Waals surface area contributed by atoms with Crippen LogP contribution in [0.1, 0.15) is 60.3 Å². The van der Waals surface area contributed by atoms with E-state index in [9.17, 15) is 0 Å². The van der Waals surface area contributed by atoms with Crippen molar-refractivity contribution in [2.75, 3.05) is 13.1 Å². The van der Waals surface area contributed by atoms with Gasteiger partial charge in [-0.1, -0.05) is 27.2 Å². The maximum absolute atomic E-state index is 2.66. The summed E-state index contributed by atoms with van der Waals surface area (Å²) < 4.78 is 0. The molecule has 0 aliphatic carbocycles. The summed E-state index contributed by atoms with van der Waals surface area (Å²) >= 11 is 0. The zero-order valence-corrected chi connectivity index (χ0v) is 11.3. The largest absolute Gasteiger partial charge is 0.301 e. The minimum absolute atomic E-state index is 0.544. The summed E-state index contributed by atoms with van der Waals surface area (Å²) in [5.41, 5.74) is 0.544. The second-order valence-corrected chi connectivity index (χ2v) is 6.17. The molecule has 1 heterocycles. The Hall–Kier alpha value is -0.0400. The van der Waals surface area contributed by atoms with E-state index in [-0.39, 0.29) is 0 Å². The van der Waals surface area contributed by atoms with Crippen LogP contribution in [-0.2, 0) is 0 Å². The molecule has 0 aromatic heterocycles. The Kier molecular flexibility index (Phi) is 4.64. The quantitative estimate of drug-likeness (QED) is 0.681. The summed E-state index contributed by atoms with van der Waals surface area (Å²) in [6.07, 6.45) is 5.54. The highest BCUT2D eigenvalue weighted by Crippen LogP contribution is 2.37. The summed E-state index contributed by atoms with van der Waals surface area (Å²) in [5.74, 6) is 0.911. The first-order chi connectivity index (χ1) is 6.97. The van der Waals surface area contributed by atoms with Crippen molar-refractivity contribution in [3.8, 4) is 0 Å². The SMILES string of the molecule is CCCC(C)(C)C1CCCN(C(C)C)C1. The first kappa shape index (κ1) is 13.0. The normalized spacial score (nSPS) is 24.8. The molecule has 0 radical (unpaired) electrons. The predicted octanol–water partition coefficient (Wildman–Crippen LogP) is 3.93. The Morgan fingerprint density at radius 3 is 2.53 bits per heavy atom. The fourth-order valence-corrected chi connectivity index (χ4v) is 2.96. The van der Waals surface area contributed by atoms with Crippen LogP contribution in [0.4, 0.5) is 0 Å². The zero-order valence-electron chi connectivity index (χ0n) is 11.3. The molecule has 90 valence electrons. The van der Waals surface area contributed by atoms with E-state index in [2.05, 4.69) is 39.5 Å². The fraction of sp³-hybridized carbons (Fsp3) is 1.00. The van der Waals surface area contributed by atoms with Crippen LogP contribution >= 0.6 is 0 Å². The Balaban J connectivity index is 2.55. The molecular formula is C14H29N. The number of piperidine rings is 1. The lowest BCUT2D eigenvalue weighted by atomic mass is 9.72. The maximum atomic E-state index is 2.66. The van der Waals surface area contributed by atoms with Gasteiger partial charge in [0.1, 0.15) is 0 Å². The van der Waals surface area contributed by atoms with Gasteiger partial charge < -0.3 is 4.90 Å². The van der Waals surface area contributed by atoms with Crippen molar-refractivity contribution in [1.29, 1.82) is 0 Å². The summed E-state index contributed by atoms with van der Waals surface area (Å²) in [7, 11) is 0. The molecule has 1 aliphatic heterocycles. The lowest BCUT2D eigenvalue weighted by Gasteiger charge is -2.43. The Morgan fingerprint density at radius 1 is 1.33 bits per heavy atom. The summed E-state index contributed by atoms with van der Waals surface area (Å²) in [6, 6.07) is 0.727. The van der Waals surface area contributed by atoms with Crippen LogP contribution in [0, 0.1) is 11.3 Å². The number of likely N-dealkylation sites (tertiary alicyclic amines) is 1. The zero-order chi connectivity index (χ0) is 11.5. The summed E-state index contributed by atoms with van der Waals surface area (Å²) in [6.45, 7) is 14.5. The van der Waals surface area contributed by atoms with Gasteiger partial charge in [0, 0.05) is 12.6 Å². The van der Waals surface area contributed by atoms with Crippen LogP contribution in [0.5, 0.6) is 0 Å². The van der Waals surface area contributed by atoms with Crippen LogP contribution in [0.3, 0.4) is 0 Å². The number of rotatable bonds is 4. The van der Waals surface area contributed by atoms with Crippen LogP contribution < -0.4 is 0 Å². The molecule has 1 fully saturated rings. The minimum Gasteiger partial charge on any atom is -0.301 e. The molecule has 1 atom stereocenters. The molecule has 1 aliphatic rings. The van der Waals surface area contributed by atoms with Crippen LogP contribution in [0.25, 0.3) is 0 Å². The van der Waals surface area contributed by atoms with Crippen molar-refractivity contribution in [2.24, 2.45) is 11.3 Å². The predicted molar refractivity (Wildman–Crippen MR) is 68.1 cm³/mol. The van der Waals surface area contributed by atoms with Crippen molar-refractivity contribution < 1.29 is 0 Å². The van der Waals surface area contributed by atoms with E-state index in [0.717, 1.165) is 12.0 Å². The van der Waals surface area contributed by atoms with E-state index in [1.165, 1.54) is 38.8 Å². The summed E-state index contributed by atoms with van der Waals surface area (Å²) in [5, 5.41) is 0. The van der Waals surface area contributed by atoms with Gasteiger partial charge in [-0.25, -0.2) is 0 Å².